The summed E-state index contributed by atoms with van der Waals surface area (Å²) < 4.78 is 18.8. The zero-order chi connectivity index (χ0) is 21.3. The Morgan fingerprint density at radius 3 is 2.33 bits per heavy atom. The lowest BCUT2D eigenvalue weighted by Crippen LogP contribution is -2.32. The predicted molar refractivity (Wildman–Crippen MR) is 114 cm³/mol. The van der Waals surface area contributed by atoms with E-state index < -0.39 is 17.6 Å². The maximum atomic E-state index is 13.5. The Morgan fingerprint density at radius 2 is 1.63 bits per heavy atom. The Hall–Kier alpha value is -3.93. The maximum absolute atomic E-state index is 13.5. The van der Waals surface area contributed by atoms with Crippen LogP contribution in [0.4, 0.5) is 15.8 Å². The van der Waals surface area contributed by atoms with Gasteiger partial charge in [-0.3, -0.25) is 9.59 Å². The molecule has 1 N–H and O–H groups in total. The number of aryl methyl sites for hydroxylation is 1. The van der Waals surface area contributed by atoms with Gasteiger partial charge in [0.15, 0.2) is 0 Å². The minimum Gasteiger partial charge on any atom is -0.495 e. The van der Waals surface area contributed by atoms with Crippen molar-refractivity contribution in [1.82, 2.24) is 0 Å². The van der Waals surface area contributed by atoms with Gasteiger partial charge in [-0.05, 0) is 54.4 Å². The zero-order valence-electron chi connectivity index (χ0n) is 16.5. The number of rotatable bonds is 5. The lowest BCUT2D eigenvalue weighted by molar-refractivity contribution is -0.120. The molecule has 4 rings (SSSR count). The Labute approximate surface area is 173 Å². The Bertz CT molecular complexity index is 1170. The van der Waals surface area contributed by atoms with Crippen molar-refractivity contribution in [1.29, 1.82) is 0 Å². The molecule has 6 heteroatoms. The van der Waals surface area contributed by atoms with E-state index in [1.165, 1.54) is 31.4 Å². The third kappa shape index (κ3) is 3.43. The van der Waals surface area contributed by atoms with Gasteiger partial charge in [-0.1, -0.05) is 36.4 Å². The molecule has 0 atom stereocenters. The predicted octanol–water partition coefficient (Wildman–Crippen LogP) is 4.54. The molecule has 0 unspecified atom stereocenters. The molecule has 0 radical (unpaired) electrons. The molecule has 3 aromatic carbocycles. The molecule has 30 heavy (non-hydrogen) atoms. The number of nitrogens with one attached hydrogen (secondary N) is 1. The van der Waals surface area contributed by atoms with E-state index in [1.54, 1.807) is 24.3 Å². The molecule has 0 spiro atoms. The molecule has 0 bridgehead atoms. The number of ether oxygens (including phenoxy) is 1. The first-order valence-electron chi connectivity index (χ1n) is 9.35. The second kappa shape index (κ2) is 7.83. The highest BCUT2D eigenvalue weighted by Gasteiger charge is 2.41. The van der Waals surface area contributed by atoms with Gasteiger partial charge >= 0.3 is 0 Å². The minimum absolute atomic E-state index is 0.128. The van der Waals surface area contributed by atoms with Crippen LogP contribution in [-0.2, 0) is 9.59 Å². The van der Waals surface area contributed by atoms with Crippen molar-refractivity contribution in [3.63, 3.8) is 0 Å². The second-order valence-corrected chi connectivity index (χ2v) is 6.87. The number of imide groups is 1. The van der Waals surface area contributed by atoms with Gasteiger partial charge in [0.2, 0.25) is 0 Å². The molecule has 2 amide bonds. The summed E-state index contributed by atoms with van der Waals surface area (Å²) in [7, 11) is 1.48. The van der Waals surface area contributed by atoms with Crippen molar-refractivity contribution in [2.24, 2.45) is 0 Å². The van der Waals surface area contributed by atoms with Crippen LogP contribution in [0.5, 0.6) is 5.75 Å². The third-order valence-corrected chi connectivity index (χ3v) is 4.83. The van der Waals surface area contributed by atoms with Gasteiger partial charge in [-0.25, -0.2) is 9.29 Å². The molecule has 0 saturated carbocycles. The van der Waals surface area contributed by atoms with Crippen LogP contribution < -0.4 is 15.0 Å². The van der Waals surface area contributed by atoms with Crippen LogP contribution >= 0.6 is 0 Å². The molecule has 5 nitrogen and oxygen atoms in total. The third-order valence-electron chi connectivity index (χ3n) is 4.83. The molecule has 1 aliphatic rings. The van der Waals surface area contributed by atoms with Gasteiger partial charge in [0.25, 0.3) is 11.8 Å². The average Bonchev–Trinajstić information content (AvgIpc) is 2.98. The first kappa shape index (κ1) is 19.4. The highest BCUT2D eigenvalue weighted by atomic mass is 19.1. The van der Waals surface area contributed by atoms with Crippen molar-refractivity contribution in [3.8, 4) is 5.75 Å². The molecule has 1 aliphatic heterocycles. The number of nitrogens with zero attached hydrogens (tertiary/aromatic N) is 1. The summed E-state index contributed by atoms with van der Waals surface area (Å²) >= 11 is 0. The van der Waals surface area contributed by atoms with E-state index in [9.17, 15) is 14.0 Å². The Balaban J connectivity index is 1.85. The smallest absolute Gasteiger partial charge is 0.282 e. The van der Waals surface area contributed by atoms with Crippen molar-refractivity contribution >= 4 is 28.8 Å². The van der Waals surface area contributed by atoms with Gasteiger partial charge in [0.05, 0.1) is 18.4 Å². The fraction of sp³-hybridized carbons (Fsp3) is 0.0833. The summed E-state index contributed by atoms with van der Waals surface area (Å²) in [4.78, 5) is 27.9. The fourth-order valence-corrected chi connectivity index (χ4v) is 3.43. The monoisotopic (exact) mass is 402 g/mol. The number of benzene rings is 3. The molecular formula is C24H19FN2O3. The van der Waals surface area contributed by atoms with Crippen molar-refractivity contribution in [3.05, 3.63) is 95.4 Å². The summed E-state index contributed by atoms with van der Waals surface area (Å²) in [5, 5.41) is 3.10. The van der Waals surface area contributed by atoms with Crippen LogP contribution in [0, 0.1) is 12.7 Å². The number of carbonyl (C=O) groups is 2. The highest BCUT2D eigenvalue weighted by molar-refractivity contribution is 6.46. The van der Waals surface area contributed by atoms with Crippen molar-refractivity contribution in [2.45, 2.75) is 6.92 Å². The highest BCUT2D eigenvalue weighted by Crippen LogP contribution is 2.37. The van der Waals surface area contributed by atoms with Gasteiger partial charge in [-0.15, -0.1) is 0 Å². The normalized spacial score (nSPS) is 13.8. The standard InChI is InChI=1S/C24H19FN2O3/c1-15-6-5-7-18(14-15)26-22-21(16-10-12-17(25)13-11-16)23(28)27(24(22)29)19-8-3-4-9-20(19)30-2/h3-14,26H,1-2H3. The van der Waals surface area contributed by atoms with E-state index in [-0.39, 0.29) is 11.3 Å². The molecule has 1 heterocycles. The summed E-state index contributed by atoms with van der Waals surface area (Å²) in [6, 6.07) is 19.8. The SMILES string of the molecule is COc1ccccc1N1C(=O)C(Nc2cccc(C)c2)=C(c2ccc(F)cc2)C1=O. The second-order valence-electron chi connectivity index (χ2n) is 6.87. The number of carbonyl (C=O) groups excluding carboxylic acids is 2. The fourth-order valence-electron chi connectivity index (χ4n) is 3.43. The van der Waals surface area contributed by atoms with Gasteiger partial charge in [-0.2, -0.15) is 0 Å². The molecule has 0 fully saturated rings. The zero-order valence-corrected chi connectivity index (χ0v) is 16.5. The van der Waals surface area contributed by atoms with Crippen molar-refractivity contribution in [2.75, 3.05) is 17.3 Å². The molecule has 0 saturated heterocycles. The van der Waals surface area contributed by atoms with Crippen LogP contribution in [0.1, 0.15) is 11.1 Å². The topological polar surface area (TPSA) is 58.6 Å². The molecular weight excluding hydrogens is 383 g/mol. The first-order chi connectivity index (χ1) is 14.5. The lowest BCUT2D eigenvalue weighted by Gasteiger charge is -2.18. The number of para-hydroxylation sites is 2. The lowest BCUT2D eigenvalue weighted by atomic mass is 10.0. The largest absolute Gasteiger partial charge is 0.495 e. The number of methoxy groups -OCH3 is 1. The van der Waals surface area contributed by atoms with E-state index in [0.717, 1.165) is 10.5 Å². The summed E-state index contributed by atoms with van der Waals surface area (Å²) in [5.41, 5.74) is 2.77. The van der Waals surface area contributed by atoms with Crippen LogP contribution in [0.2, 0.25) is 0 Å². The van der Waals surface area contributed by atoms with Gasteiger partial charge < -0.3 is 10.1 Å². The maximum Gasteiger partial charge on any atom is 0.282 e. The van der Waals surface area contributed by atoms with Crippen molar-refractivity contribution < 1.29 is 18.7 Å². The number of amides is 2. The van der Waals surface area contributed by atoms with E-state index in [1.807, 2.05) is 31.2 Å². The summed E-state index contributed by atoms with van der Waals surface area (Å²) in [6.07, 6.45) is 0. The molecule has 0 aliphatic carbocycles. The number of hydrogen-bond donors (Lipinski definition) is 1. The average molecular weight is 402 g/mol. The Kier molecular flexibility index (Phi) is 5.06. The first-order valence-corrected chi connectivity index (χ1v) is 9.35. The Morgan fingerprint density at radius 1 is 0.900 bits per heavy atom. The van der Waals surface area contributed by atoms with E-state index in [0.29, 0.717) is 22.7 Å². The molecule has 150 valence electrons. The molecule has 3 aromatic rings. The van der Waals surface area contributed by atoms with Crippen LogP contribution in [0.25, 0.3) is 5.57 Å². The number of anilines is 2. The van der Waals surface area contributed by atoms with Crippen LogP contribution in [0.15, 0.2) is 78.5 Å². The quantitative estimate of drug-likeness (QED) is 0.637. The van der Waals surface area contributed by atoms with E-state index in [4.69, 9.17) is 4.74 Å². The number of hydrogen-bond acceptors (Lipinski definition) is 4. The van der Waals surface area contributed by atoms with E-state index in [2.05, 4.69) is 5.32 Å². The minimum atomic E-state index is -0.509. The van der Waals surface area contributed by atoms with Gasteiger partial charge in [0, 0.05) is 5.69 Å². The number of halogens is 1. The van der Waals surface area contributed by atoms with Crippen LogP contribution in [0.3, 0.4) is 0 Å². The van der Waals surface area contributed by atoms with Gasteiger partial charge in [0.1, 0.15) is 17.3 Å². The van der Waals surface area contributed by atoms with E-state index >= 15 is 0 Å². The summed E-state index contributed by atoms with van der Waals surface area (Å²) in [6.45, 7) is 1.93. The summed E-state index contributed by atoms with van der Waals surface area (Å²) in [5.74, 6) is -1.04. The van der Waals surface area contributed by atoms with Crippen LogP contribution in [-0.4, -0.2) is 18.9 Å². The molecule has 0 aromatic heterocycles.